The first-order valence-corrected chi connectivity index (χ1v) is 9.13. The summed E-state index contributed by atoms with van der Waals surface area (Å²) < 4.78 is 30.6. The predicted octanol–water partition coefficient (Wildman–Crippen LogP) is 3.59. The number of alkyl halides is 2. The van der Waals surface area contributed by atoms with E-state index in [-0.39, 0.29) is 11.6 Å². The number of anilines is 1. The SMILES string of the molecule is CCn1ncc(-c2cc(C(F)F)nc(N(C)Cc3c(C)nn(C)c3C)n2)c1C. The van der Waals surface area contributed by atoms with E-state index >= 15 is 0 Å². The Hall–Kier alpha value is -2.84. The Morgan fingerprint density at radius 1 is 1.14 bits per heavy atom. The molecule has 150 valence electrons. The lowest BCUT2D eigenvalue weighted by Crippen LogP contribution is -2.21. The van der Waals surface area contributed by atoms with Crippen LogP contribution in [0.1, 0.15) is 41.7 Å². The van der Waals surface area contributed by atoms with Gasteiger partial charge in [0.15, 0.2) is 0 Å². The van der Waals surface area contributed by atoms with Crippen LogP contribution in [0.4, 0.5) is 14.7 Å². The molecule has 0 saturated heterocycles. The first kappa shape index (κ1) is 19.9. The number of aromatic nitrogens is 6. The van der Waals surface area contributed by atoms with Gasteiger partial charge in [0, 0.05) is 49.7 Å². The highest BCUT2D eigenvalue weighted by atomic mass is 19.3. The first-order valence-electron chi connectivity index (χ1n) is 9.13. The second-order valence-electron chi connectivity index (χ2n) is 6.87. The van der Waals surface area contributed by atoms with E-state index < -0.39 is 6.43 Å². The van der Waals surface area contributed by atoms with E-state index in [1.54, 1.807) is 18.1 Å². The molecule has 0 aliphatic rings. The van der Waals surface area contributed by atoms with Crippen LogP contribution in [0.15, 0.2) is 12.3 Å². The number of nitrogens with zero attached hydrogens (tertiary/aromatic N) is 7. The van der Waals surface area contributed by atoms with Gasteiger partial charge >= 0.3 is 0 Å². The molecule has 0 amide bonds. The van der Waals surface area contributed by atoms with Gasteiger partial charge in [0.05, 0.1) is 17.6 Å². The van der Waals surface area contributed by atoms with E-state index in [0.717, 1.165) is 28.2 Å². The minimum absolute atomic E-state index is 0.249. The summed E-state index contributed by atoms with van der Waals surface area (Å²) in [6.07, 6.45) is -1.02. The molecule has 0 aliphatic carbocycles. The Labute approximate surface area is 163 Å². The molecular formula is C19H25F2N7. The molecule has 0 unspecified atom stereocenters. The van der Waals surface area contributed by atoms with Gasteiger partial charge in [-0.1, -0.05) is 0 Å². The Morgan fingerprint density at radius 2 is 1.86 bits per heavy atom. The summed E-state index contributed by atoms with van der Waals surface area (Å²) in [4.78, 5) is 10.4. The first-order chi connectivity index (χ1) is 13.2. The normalized spacial score (nSPS) is 11.5. The van der Waals surface area contributed by atoms with Gasteiger partial charge in [-0.25, -0.2) is 18.7 Å². The molecule has 0 saturated carbocycles. The maximum atomic E-state index is 13.5. The molecule has 0 spiro atoms. The van der Waals surface area contributed by atoms with Gasteiger partial charge in [0.2, 0.25) is 5.95 Å². The van der Waals surface area contributed by atoms with Crippen LogP contribution in [0, 0.1) is 20.8 Å². The minimum Gasteiger partial charge on any atom is -0.339 e. The zero-order chi connectivity index (χ0) is 20.6. The molecule has 0 radical (unpaired) electrons. The molecular weight excluding hydrogens is 364 g/mol. The molecule has 9 heteroatoms. The Balaban J connectivity index is 2.02. The lowest BCUT2D eigenvalue weighted by molar-refractivity contribution is 0.146. The zero-order valence-electron chi connectivity index (χ0n) is 17.0. The highest BCUT2D eigenvalue weighted by Gasteiger charge is 2.20. The van der Waals surface area contributed by atoms with Crippen molar-refractivity contribution in [3.05, 3.63) is 40.6 Å². The van der Waals surface area contributed by atoms with Crippen LogP contribution >= 0.6 is 0 Å². The van der Waals surface area contributed by atoms with Gasteiger partial charge in [-0.3, -0.25) is 9.36 Å². The summed E-state index contributed by atoms with van der Waals surface area (Å²) in [5.74, 6) is 0.249. The van der Waals surface area contributed by atoms with Crippen molar-refractivity contribution in [2.75, 3.05) is 11.9 Å². The van der Waals surface area contributed by atoms with Crippen molar-refractivity contribution in [2.45, 2.75) is 47.2 Å². The molecule has 28 heavy (non-hydrogen) atoms. The number of rotatable bonds is 6. The molecule has 0 fully saturated rings. The summed E-state index contributed by atoms with van der Waals surface area (Å²) in [7, 11) is 3.68. The van der Waals surface area contributed by atoms with E-state index in [0.29, 0.717) is 18.8 Å². The van der Waals surface area contributed by atoms with Crippen molar-refractivity contribution < 1.29 is 8.78 Å². The largest absolute Gasteiger partial charge is 0.339 e. The van der Waals surface area contributed by atoms with Crippen LogP contribution in [0.25, 0.3) is 11.3 Å². The minimum atomic E-state index is -2.68. The molecule has 0 atom stereocenters. The molecule has 0 bridgehead atoms. The monoisotopic (exact) mass is 389 g/mol. The summed E-state index contributed by atoms with van der Waals surface area (Å²) in [5.41, 5.74) is 4.72. The van der Waals surface area contributed by atoms with Crippen molar-refractivity contribution in [2.24, 2.45) is 7.05 Å². The van der Waals surface area contributed by atoms with Gasteiger partial charge in [-0.2, -0.15) is 10.2 Å². The van der Waals surface area contributed by atoms with Crippen LogP contribution < -0.4 is 4.90 Å². The third kappa shape index (κ3) is 3.61. The van der Waals surface area contributed by atoms with E-state index in [4.69, 9.17) is 0 Å². The van der Waals surface area contributed by atoms with Crippen molar-refractivity contribution in [3.8, 4) is 11.3 Å². The lowest BCUT2D eigenvalue weighted by Gasteiger charge is -2.19. The highest BCUT2D eigenvalue weighted by molar-refractivity contribution is 5.63. The molecule has 0 N–H and O–H groups in total. The number of aryl methyl sites for hydroxylation is 3. The maximum Gasteiger partial charge on any atom is 0.280 e. The Morgan fingerprint density at radius 3 is 2.39 bits per heavy atom. The van der Waals surface area contributed by atoms with E-state index in [9.17, 15) is 8.78 Å². The van der Waals surface area contributed by atoms with Crippen molar-refractivity contribution in [1.82, 2.24) is 29.5 Å². The summed E-state index contributed by atoms with van der Waals surface area (Å²) in [5, 5.41) is 8.71. The van der Waals surface area contributed by atoms with Crippen LogP contribution in [0.5, 0.6) is 0 Å². The Bertz CT molecular complexity index is 991. The molecule has 3 aromatic heterocycles. The number of hydrogen-bond acceptors (Lipinski definition) is 5. The molecule has 3 rings (SSSR count). The second kappa shape index (κ2) is 7.65. The van der Waals surface area contributed by atoms with Gasteiger partial charge in [0.1, 0.15) is 5.69 Å². The van der Waals surface area contributed by atoms with Gasteiger partial charge in [0.25, 0.3) is 6.43 Å². The van der Waals surface area contributed by atoms with Crippen molar-refractivity contribution in [1.29, 1.82) is 0 Å². The van der Waals surface area contributed by atoms with Gasteiger partial charge < -0.3 is 4.90 Å². The third-order valence-electron chi connectivity index (χ3n) is 5.03. The van der Waals surface area contributed by atoms with Crippen molar-refractivity contribution >= 4 is 5.95 Å². The van der Waals surface area contributed by atoms with E-state index in [2.05, 4.69) is 20.2 Å². The van der Waals surface area contributed by atoms with Gasteiger partial charge in [-0.05, 0) is 33.8 Å². The summed E-state index contributed by atoms with van der Waals surface area (Å²) in [6, 6.07) is 1.34. The fourth-order valence-corrected chi connectivity index (χ4v) is 3.24. The molecule has 0 aliphatic heterocycles. The van der Waals surface area contributed by atoms with Crippen LogP contribution in [-0.2, 0) is 20.1 Å². The fraction of sp³-hybridized carbons (Fsp3) is 0.474. The number of hydrogen-bond donors (Lipinski definition) is 0. The smallest absolute Gasteiger partial charge is 0.280 e. The molecule has 7 nitrogen and oxygen atoms in total. The third-order valence-corrected chi connectivity index (χ3v) is 5.03. The number of halogens is 2. The molecule has 3 heterocycles. The van der Waals surface area contributed by atoms with Crippen LogP contribution in [0.2, 0.25) is 0 Å². The zero-order valence-corrected chi connectivity index (χ0v) is 17.0. The topological polar surface area (TPSA) is 64.7 Å². The average molecular weight is 389 g/mol. The molecule has 0 aromatic carbocycles. The summed E-state index contributed by atoms with van der Waals surface area (Å²) >= 11 is 0. The molecule has 3 aromatic rings. The standard InChI is InChI=1S/C19H25F2N7/c1-7-28-13(4)14(9-22-28)16-8-17(18(20)21)24-19(23-16)26(5)10-15-11(2)25-27(6)12(15)3/h8-9,18H,7,10H2,1-6H3. The van der Waals surface area contributed by atoms with E-state index in [1.165, 1.54) is 6.07 Å². The summed E-state index contributed by atoms with van der Waals surface area (Å²) in [6.45, 7) is 8.97. The quantitative estimate of drug-likeness (QED) is 0.645. The Kier molecular flexibility index (Phi) is 5.44. The van der Waals surface area contributed by atoms with Crippen LogP contribution in [0.3, 0.4) is 0 Å². The van der Waals surface area contributed by atoms with Gasteiger partial charge in [-0.15, -0.1) is 0 Å². The second-order valence-corrected chi connectivity index (χ2v) is 6.87. The van der Waals surface area contributed by atoms with Crippen LogP contribution in [-0.4, -0.2) is 36.6 Å². The average Bonchev–Trinajstić information content (AvgIpc) is 3.15. The van der Waals surface area contributed by atoms with Crippen molar-refractivity contribution in [3.63, 3.8) is 0 Å². The maximum absolute atomic E-state index is 13.5. The fourth-order valence-electron chi connectivity index (χ4n) is 3.24. The van der Waals surface area contributed by atoms with E-state index in [1.807, 2.05) is 44.1 Å². The highest BCUT2D eigenvalue weighted by Crippen LogP contribution is 2.28. The predicted molar refractivity (Wildman–Crippen MR) is 103 cm³/mol. The lowest BCUT2D eigenvalue weighted by atomic mass is 10.1.